The minimum Gasteiger partial charge on any atom is -0.298 e. The predicted molar refractivity (Wildman–Crippen MR) is 59.2 cm³/mol. The normalized spacial score (nSPS) is 19.1. The molecule has 13 heavy (non-hydrogen) atoms. The molecule has 0 aromatic rings. The summed E-state index contributed by atoms with van der Waals surface area (Å²) in [6, 6.07) is 0. The number of ketones is 1. The summed E-state index contributed by atoms with van der Waals surface area (Å²) in [6.45, 7) is 6.50. The Morgan fingerprint density at radius 1 is 1.38 bits per heavy atom. The molecule has 2 heteroatoms. The van der Waals surface area contributed by atoms with Crippen molar-refractivity contribution >= 4 is 17.5 Å². The molecular formula is C11H20OS. The van der Waals surface area contributed by atoms with Gasteiger partial charge in [0.15, 0.2) is 0 Å². The van der Waals surface area contributed by atoms with E-state index in [0.29, 0.717) is 11.0 Å². The fraction of sp³-hybridized carbons (Fsp3) is 0.909. The maximum absolute atomic E-state index is 11.6. The molecule has 0 aromatic heterocycles. The van der Waals surface area contributed by atoms with E-state index in [-0.39, 0.29) is 5.41 Å². The van der Waals surface area contributed by atoms with Gasteiger partial charge in [-0.15, -0.1) is 0 Å². The topological polar surface area (TPSA) is 17.1 Å². The summed E-state index contributed by atoms with van der Waals surface area (Å²) in [4.78, 5) is 11.6. The molecule has 0 saturated heterocycles. The van der Waals surface area contributed by atoms with E-state index in [4.69, 9.17) is 0 Å². The molecule has 1 nitrogen and oxygen atoms in total. The minimum absolute atomic E-state index is 0.0824. The van der Waals surface area contributed by atoms with E-state index in [9.17, 15) is 4.79 Å². The standard InChI is InChI=1S/C11H20OS/c1-4-9(5-2)13-8-10(12)11(3)6-7-11/h9H,4-8H2,1-3H3. The Morgan fingerprint density at radius 3 is 2.31 bits per heavy atom. The van der Waals surface area contributed by atoms with E-state index in [0.717, 1.165) is 18.6 Å². The second kappa shape index (κ2) is 4.50. The third kappa shape index (κ3) is 3.01. The molecule has 0 bridgehead atoms. The first kappa shape index (κ1) is 11.1. The van der Waals surface area contributed by atoms with Gasteiger partial charge in [-0.25, -0.2) is 0 Å². The van der Waals surface area contributed by atoms with Gasteiger partial charge in [-0.3, -0.25) is 4.79 Å². The molecule has 0 heterocycles. The van der Waals surface area contributed by atoms with Gasteiger partial charge in [-0.1, -0.05) is 20.8 Å². The monoisotopic (exact) mass is 200 g/mol. The summed E-state index contributed by atoms with van der Waals surface area (Å²) in [7, 11) is 0. The highest BCUT2D eigenvalue weighted by molar-refractivity contribution is 8.00. The van der Waals surface area contributed by atoms with E-state index >= 15 is 0 Å². The van der Waals surface area contributed by atoms with Crippen LogP contribution in [0.4, 0.5) is 0 Å². The Morgan fingerprint density at radius 2 is 1.92 bits per heavy atom. The summed E-state index contributed by atoms with van der Waals surface area (Å²) >= 11 is 1.85. The molecule has 1 rings (SSSR count). The van der Waals surface area contributed by atoms with E-state index in [1.165, 1.54) is 12.8 Å². The van der Waals surface area contributed by atoms with Crippen molar-refractivity contribution in [3.05, 3.63) is 0 Å². The Bertz CT molecular complexity index is 181. The highest BCUT2D eigenvalue weighted by Crippen LogP contribution is 2.46. The predicted octanol–water partition coefficient (Wildman–Crippen LogP) is 3.28. The van der Waals surface area contributed by atoms with Crippen molar-refractivity contribution in [3.63, 3.8) is 0 Å². The lowest BCUT2D eigenvalue weighted by molar-refractivity contribution is -0.120. The third-order valence-electron chi connectivity index (χ3n) is 3.03. The van der Waals surface area contributed by atoms with E-state index < -0.39 is 0 Å². The van der Waals surface area contributed by atoms with Crippen LogP contribution in [0.1, 0.15) is 46.5 Å². The van der Waals surface area contributed by atoms with Crippen LogP contribution in [0, 0.1) is 5.41 Å². The average Bonchev–Trinajstić information content (AvgIpc) is 2.86. The highest BCUT2D eigenvalue weighted by atomic mass is 32.2. The molecule has 0 atom stereocenters. The molecule has 0 spiro atoms. The maximum Gasteiger partial charge on any atom is 0.148 e. The lowest BCUT2D eigenvalue weighted by Crippen LogP contribution is -2.16. The van der Waals surface area contributed by atoms with Crippen molar-refractivity contribution in [2.75, 3.05) is 5.75 Å². The van der Waals surface area contributed by atoms with E-state index in [1.807, 2.05) is 11.8 Å². The molecule has 0 unspecified atom stereocenters. The van der Waals surface area contributed by atoms with Crippen LogP contribution in [0.5, 0.6) is 0 Å². The van der Waals surface area contributed by atoms with Gasteiger partial charge in [-0.2, -0.15) is 11.8 Å². The Balaban J connectivity index is 2.21. The van der Waals surface area contributed by atoms with Crippen LogP contribution in [0.15, 0.2) is 0 Å². The summed E-state index contributed by atoms with van der Waals surface area (Å²) in [5, 5.41) is 0.686. The second-order valence-corrected chi connectivity index (χ2v) is 5.52. The molecule has 0 N–H and O–H groups in total. The molecule has 1 fully saturated rings. The zero-order valence-corrected chi connectivity index (χ0v) is 9.75. The van der Waals surface area contributed by atoms with Gasteiger partial charge in [-0.05, 0) is 25.7 Å². The third-order valence-corrected chi connectivity index (χ3v) is 4.60. The largest absolute Gasteiger partial charge is 0.298 e. The summed E-state index contributed by atoms with van der Waals surface area (Å²) in [5.74, 6) is 1.22. The SMILES string of the molecule is CCC(CC)SCC(=O)C1(C)CC1. The van der Waals surface area contributed by atoms with Gasteiger partial charge in [0.2, 0.25) is 0 Å². The summed E-state index contributed by atoms with van der Waals surface area (Å²) in [6.07, 6.45) is 4.61. The first-order chi connectivity index (χ1) is 6.12. The maximum atomic E-state index is 11.6. The van der Waals surface area contributed by atoms with Gasteiger partial charge in [0.25, 0.3) is 0 Å². The van der Waals surface area contributed by atoms with Crippen LogP contribution in [0.2, 0.25) is 0 Å². The molecule has 0 radical (unpaired) electrons. The second-order valence-electron chi connectivity index (χ2n) is 4.23. The lowest BCUT2D eigenvalue weighted by atomic mass is 10.1. The number of carbonyl (C=O) groups excluding carboxylic acids is 1. The number of rotatable bonds is 6. The van der Waals surface area contributed by atoms with Crippen LogP contribution in [0.25, 0.3) is 0 Å². The fourth-order valence-corrected chi connectivity index (χ4v) is 2.57. The first-order valence-corrected chi connectivity index (χ1v) is 6.32. The van der Waals surface area contributed by atoms with Gasteiger partial charge in [0, 0.05) is 10.7 Å². The zero-order valence-electron chi connectivity index (χ0n) is 8.93. The average molecular weight is 200 g/mol. The number of hydrogen-bond acceptors (Lipinski definition) is 2. The molecule has 0 aliphatic heterocycles. The smallest absolute Gasteiger partial charge is 0.148 e. The highest BCUT2D eigenvalue weighted by Gasteiger charge is 2.43. The van der Waals surface area contributed by atoms with E-state index in [1.54, 1.807) is 0 Å². The first-order valence-electron chi connectivity index (χ1n) is 5.27. The Labute approximate surface area is 85.7 Å². The number of carbonyl (C=O) groups is 1. The van der Waals surface area contributed by atoms with Crippen molar-refractivity contribution in [1.29, 1.82) is 0 Å². The molecule has 76 valence electrons. The van der Waals surface area contributed by atoms with Gasteiger partial charge < -0.3 is 0 Å². The quantitative estimate of drug-likeness (QED) is 0.654. The number of Topliss-reactive ketones (excluding diaryl/α,β-unsaturated/α-hetero) is 1. The van der Waals surface area contributed by atoms with Crippen molar-refractivity contribution in [1.82, 2.24) is 0 Å². The molecule has 0 aromatic carbocycles. The lowest BCUT2D eigenvalue weighted by Gasteiger charge is -2.12. The summed E-state index contributed by atoms with van der Waals surface area (Å²) < 4.78 is 0. The molecular weight excluding hydrogens is 180 g/mol. The van der Waals surface area contributed by atoms with Crippen molar-refractivity contribution in [2.24, 2.45) is 5.41 Å². The van der Waals surface area contributed by atoms with Crippen molar-refractivity contribution in [2.45, 2.75) is 51.7 Å². The minimum atomic E-state index is 0.0824. The van der Waals surface area contributed by atoms with Crippen LogP contribution in [0.3, 0.4) is 0 Å². The zero-order chi connectivity index (χ0) is 9.90. The fourth-order valence-electron chi connectivity index (χ4n) is 1.36. The Hall–Kier alpha value is 0.0200. The molecule has 1 aliphatic carbocycles. The molecule has 1 saturated carbocycles. The number of hydrogen-bond donors (Lipinski definition) is 0. The molecule has 1 aliphatic rings. The van der Waals surface area contributed by atoms with Crippen LogP contribution in [-0.4, -0.2) is 16.8 Å². The van der Waals surface area contributed by atoms with Crippen molar-refractivity contribution < 1.29 is 4.79 Å². The van der Waals surface area contributed by atoms with Gasteiger partial charge in [0.1, 0.15) is 5.78 Å². The van der Waals surface area contributed by atoms with E-state index in [2.05, 4.69) is 20.8 Å². The van der Waals surface area contributed by atoms with Crippen LogP contribution in [-0.2, 0) is 4.79 Å². The van der Waals surface area contributed by atoms with Crippen LogP contribution < -0.4 is 0 Å². The van der Waals surface area contributed by atoms with Crippen molar-refractivity contribution in [3.8, 4) is 0 Å². The summed E-state index contributed by atoms with van der Waals surface area (Å²) in [5.41, 5.74) is 0.0824. The van der Waals surface area contributed by atoms with Gasteiger partial charge in [0.05, 0.1) is 5.75 Å². The molecule has 0 amide bonds. The Kier molecular flexibility index (Phi) is 3.84. The van der Waals surface area contributed by atoms with Crippen LogP contribution >= 0.6 is 11.8 Å². The number of thioether (sulfide) groups is 1. The van der Waals surface area contributed by atoms with Gasteiger partial charge >= 0.3 is 0 Å².